The molecular formula is C17H20BrN3O. The number of fused-ring (bicyclic) bond motifs is 2. The number of likely N-dealkylation sites (tertiary alicyclic amines) is 1. The van der Waals surface area contributed by atoms with Crippen LogP contribution in [-0.4, -0.2) is 46.8 Å². The van der Waals surface area contributed by atoms with Gasteiger partial charge in [0.25, 0.3) is 0 Å². The van der Waals surface area contributed by atoms with Crippen LogP contribution < -0.4 is 5.32 Å². The van der Waals surface area contributed by atoms with Crippen molar-refractivity contribution in [3.8, 4) is 0 Å². The third-order valence-electron chi connectivity index (χ3n) is 5.21. The first kappa shape index (κ1) is 14.3. The summed E-state index contributed by atoms with van der Waals surface area (Å²) in [6, 6.07) is 7.32. The number of likely N-dealkylation sites (N-methyl/N-ethyl adjacent to an activating group) is 1. The third kappa shape index (κ3) is 2.18. The lowest BCUT2D eigenvalue weighted by Gasteiger charge is -2.45. The van der Waals surface area contributed by atoms with Crippen LogP contribution in [0.1, 0.15) is 23.5 Å². The molecule has 4 nitrogen and oxygen atoms in total. The van der Waals surface area contributed by atoms with Gasteiger partial charge in [0.05, 0.1) is 5.33 Å². The Morgan fingerprint density at radius 2 is 2.36 bits per heavy atom. The summed E-state index contributed by atoms with van der Waals surface area (Å²) < 4.78 is 0. The number of nitrogens with zero attached hydrogens (tertiary/aromatic N) is 1. The van der Waals surface area contributed by atoms with Gasteiger partial charge >= 0.3 is 0 Å². The number of carbonyl (C=O) groups excluding carboxylic acids is 1. The van der Waals surface area contributed by atoms with Gasteiger partial charge in [-0.2, -0.15) is 0 Å². The predicted molar refractivity (Wildman–Crippen MR) is 91.5 cm³/mol. The average molecular weight is 362 g/mol. The molecule has 5 heteroatoms. The van der Waals surface area contributed by atoms with Gasteiger partial charge in [0.1, 0.15) is 0 Å². The van der Waals surface area contributed by atoms with Gasteiger partial charge in [0.2, 0.25) is 5.91 Å². The number of hydrogen-bond acceptors (Lipinski definition) is 2. The Morgan fingerprint density at radius 3 is 3.18 bits per heavy atom. The number of H-pyrrole nitrogens is 1. The van der Waals surface area contributed by atoms with E-state index >= 15 is 0 Å². The lowest BCUT2D eigenvalue weighted by molar-refractivity contribution is -0.119. The van der Waals surface area contributed by atoms with E-state index in [1.807, 2.05) is 0 Å². The molecule has 1 aromatic heterocycles. The summed E-state index contributed by atoms with van der Waals surface area (Å²) in [6.07, 6.45) is 4.28. The lowest BCUT2D eigenvalue weighted by atomic mass is 9.74. The largest absolute Gasteiger partial charge is 0.361 e. The molecule has 1 saturated heterocycles. The number of carbonyl (C=O) groups is 1. The fourth-order valence-corrected chi connectivity index (χ4v) is 4.47. The van der Waals surface area contributed by atoms with Crippen molar-refractivity contribution in [2.24, 2.45) is 0 Å². The maximum Gasteiger partial charge on any atom is 0.230 e. The summed E-state index contributed by atoms with van der Waals surface area (Å²) in [5, 5.41) is 4.93. The number of aromatic nitrogens is 1. The zero-order chi connectivity index (χ0) is 15.3. The van der Waals surface area contributed by atoms with Gasteiger partial charge < -0.3 is 15.2 Å². The molecule has 2 heterocycles. The molecule has 0 saturated carbocycles. The Hall–Kier alpha value is -1.33. The van der Waals surface area contributed by atoms with Gasteiger partial charge in [-0.05, 0) is 37.1 Å². The van der Waals surface area contributed by atoms with Crippen LogP contribution in [0.3, 0.4) is 0 Å². The van der Waals surface area contributed by atoms with Gasteiger partial charge in [-0.15, -0.1) is 0 Å². The highest BCUT2D eigenvalue weighted by atomic mass is 79.9. The van der Waals surface area contributed by atoms with E-state index < -0.39 is 0 Å². The zero-order valence-electron chi connectivity index (χ0n) is 12.6. The average Bonchev–Trinajstić information content (AvgIpc) is 2.93. The normalized spacial score (nSPS) is 27.6. The van der Waals surface area contributed by atoms with Crippen LogP contribution in [0.25, 0.3) is 10.9 Å². The summed E-state index contributed by atoms with van der Waals surface area (Å²) >= 11 is 3.24. The monoisotopic (exact) mass is 361 g/mol. The minimum atomic E-state index is 0.0770. The zero-order valence-corrected chi connectivity index (χ0v) is 14.2. The maximum absolute atomic E-state index is 11.7. The van der Waals surface area contributed by atoms with E-state index in [0.717, 1.165) is 19.4 Å². The summed E-state index contributed by atoms with van der Waals surface area (Å²) in [5.74, 6) is 0.569. The summed E-state index contributed by atoms with van der Waals surface area (Å²) in [7, 11) is 2.18. The quantitative estimate of drug-likeness (QED) is 0.806. The molecule has 1 aliphatic heterocycles. The van der Waals surface area contributed by atoms with E-state index in [0.29, 0.717) is 17.3 Å². The molecule has 2 N–H and O–H groups in total. The number of piperidine rings is 1. The number of rotatable bonds is 2. The van der Waals surface area contributed by atoms with E-state index in [-0.39, 0.29) is 11.9 Å². The van der Waals surface area contributed by atoms with Gasteiger partial charge in [-0.1, -0.05) is 28.1 Å². The minimum Gasteiger partial charge on any atom is -0.361 e. The second-order valence-electron chi connectivity index (χ2n) is 6.54. The second-order valence-corrected chi connectivity index (χ2v) is 7.10. The lowest BCUT2D eigenvalue weighted by Crippen LogP contribution is -2.55. The fourth-order valence-electron chi connectivity index (χ4n) is 4.31. The summed E-state index contributed by atoms with van der Waals surface area (Å²) in [6.45, 7) is 0.926. The molecule has 0 unspecified atom stereocenters. The van der Waals surface area contributed by atoms with Crippen molar-refractivity contribution >= 4 is 32.7 Å². The Bertz CT molecular complexity index is 726. The molecule has 3 atom stereocenters. The number of amides is 1. The smallest absolute Gasteiger partial charge is 0.230 e. The third-order valence-corrected chi connectivity index (χ3v) is 5.72. The summed E-state index contributed by atoms with van der Waals surface area (Å²) in [5.41, 5.74) is 4.11. The van der Waals surface area contributed by atoms with Crippen LogP contribution in [0.5, 0.6) is 0 Å². The SMILES string of the molecule is CN1C[C@H](NC(=O)CBr)C[C@@H]2c3cccc4[nH]cc(c34)C[C@H]21. The van der Waals surface area contributed by atoms with Gasteiger partial charge in [-0.25, -0.2) is 0 Å². The molecule has 2 aromatic rings. The number of nitrogens with one attached hydrogen (secondary N) is 2. The highest BCUT2D eigenvalue weighted by molar-refractivity contribution is 9.09. The molecule has 0 spiro atoms. The van der Waals surface area contributed by atoms with Crippen molar-refractivity contribution < 1.29 is 4.79 Å². The standard InChI is InChI=1S/C17H20BrN3O/c1-21-9-11(20-16(22)7-18)6-13-12-3-2-4-14-17(12)10(8-19-14)5-15(13)21/h2-4,8,11,13,15,19H,5-7,9H2,1H3,(H,20,22)/t11-,13-,15-/m1/s1. The highest BCUT2D eigenvalue weighted by Gasteiger charge is 2.39. The molecule has 0 radical (unpaired) electrons. The van der Waals surface area contributed by atoms with Crippen LogP contribution in [0.4, 0.5) is 0 Å². The first-order valence-electron chi connectivity index (χ1n) is 7.82. The maximum atomic E-state index is 11.7. The van der Waals surface area contributed by atoms with E-state index in [4.69, 9.17) is 0 Å². The topological polar surface area (TPSA) is 48.1 Å². The van der Waals surface area contributed by atoms with Gasteiger partial charge in [0.15, 0.2) is 0 Å². The predicted octanol–water partition coefficient (Wildman–Crippen LogP) is 2.39. The van der Waals surface area contributed by atoms with Crippen molar-refractivity contribution in [1.29, 1.82) is 0 Å². The number of benzene rings is 1. The summed E-state index contributed by atoms with van der Waals surface area (Å²) in [4.78, 5) is 17.5. The van der Waals surface area contributed by atoms with Crippen LogP contribution in [-0.2, 0) is 11.2 Å². The number of aromatic amines is 1. The van der Waals surface area contributed by atoms with Crippen molar-refractivity contribution in [1.82, 2.24) is 15.2 Å². The Balaban J connectivity index is 1.70. The molecular weight excluding hydrogens is 342 g/mol. The number of hydrogen-bond donors (Lipinski definition) is 2. The van der Waals surface area contributed by atoms with Crippen LogP contribution >= 0.6 is 15.9 Å². The van der Waals surface area contributed by atoms with Crippen molar-refractivity contribution in [2.45, 2.75) is 30.8 Å². The molecule has 1 aliphatic carbocycles. The van der Waals surface area contributed by atoms with Gasteiger partial charge in [-0.3, -0.25) is 4.79 Å². The molecule has 4 rings (SSSR count). The molecule has 1 fully saturated rings. The molecule has 22 heavy (non-hydrogen) atoms. The second kappa shape index (κ2) is 5.39. The minimum absolute atomic E-state index is 0.0770. The number of alkyl halides is 1. The first-order valence-corrected chi connectivity index (χ1v) is 8.94. The van der Waals surface area contributed by atoms with Crippen molar-refractivity contribution in [3.05, 3.63) is 35.5 Å². The van der Waals surface area contributed by atoms with E-state index in [1.165, 1.54) is 22.0 Å². The molecule has 0 bridgehead atoms. The van der Waals surface area contributed by atoms with E-state index in [2.05, 4.69) is 62.6 Å². The van der Waals surface area contributed by atoms with Crippen molar-refractivity contribution in [3.63, 3.8) is 0 Å². The Kier molecular flexibility index (Phi) is 3.50. The fraction of sp³-hybridized carbons (Fsp3) is 0.471. The van der Waals surface area contributed by atoms with Crippen molar-refractivity contribution in [2.75, 3.05) is 18.9 Å². The highest BCUT2D eigenvalue weighted by Crippen LogP contribution is 2.42. The molecule has 116 valence electrons. The first-order chi connectivity index (χ1) is 10.7. The molecule has 2 aliphatic rings. The van der Waals surface area contributed by atoms with E-state index in [9.17, 15) is 4.79 Å². The molecule has 1 aromatic carbocycles. The van der Waals surface area contributed by atoms with Gasteiger partial charge in [0, 0.05) is 41.6 Å². The van der Waals surface area contributed by atoms with Crippen LogP contribution in [0, 0.1) is 0 Å². The number of halogens is 1. The Labute approximate surface area is 138 Å². The molecule has 1 amide bonds. The van der Waals surface area contributed by atoms with Crippen LogP contribution in [0.15, 0.2) is 24.4 Å². The Morgan fingerprint density at radius 1 is 1.50 bits per heavy atom. The van der Waals surface area contributed by atoms with Crippen LogP contribution in [0.2, 0.25) is 0 Å². The van der Waals surface area contributed by atoms with E-state index in [1.54, 1.807) is 0 Å².